The number of hydrogen-bond donors (Lipinski definition) is 0. The Bertz CT molecular complexity index is 474. The average molecular weight is 367 g/mol. The predicted octanol–water partition coefficient (Wildman–Crippen LogP) is 3.14. The van der Waals surface area contributed by atoms with Crippen molar-refractivity contribution in [3.05, 3.63) is 28.2 Å². The second-order valence-electron chi connectivity index (χ2n) is 5.09. The topological polar surface area (TPSA) is 15.7 Å². The minimum absolute atomic E-state index is 0.437. The lowest BCUT2D eigenvalue weighted by molar-refractivity contribution is -0.149. The summed E-state index contributed by atoms with van der Waals surface area (Å²) < 4.78 is 43.4. The standard InChI is InChI=1S/C14H18BrF3N2O/c1-21-13-4-2-3-12(15)11(13)9-19-5-7-20(8-6-19)10-14(16,17)18/h2-4H,5-10H2,1H3. The lowest BCUT2D eigenvalue weighted by atomic mass is 10.1. The molecule has 0 N–H and O–H groups in total. The number of benzene rings is 1. The van der Waals surface area contributed by atoms with Crippen molar-refractivity contribution in [3.63, 3.8) is 0 Å². The third-order valence-corrected chi connectivity index (χ3v) is 4.29. The first-order chi connectivity index (χ1) is 9.89. The second-order valence-corrected chi connectivity index (χ2v) is 5.94. The third-order valence-electron chi connectivity index (χ3n) is 3.55. The van der Waals surface area contributed by atoms with Crippen LogP contribution >= 0.6 is 15.9 Å². The van der Waals surface area contributed by atoms with E-state index in [1.54, 1.807) is 7.11 Å². The first kappa shape index (κ1) is 16.6. The molecule has 0 atom stereocenters. The van der Waals surface area contributed by atoms with Crippen LogP contribution in [0.2, 0.25) is 0 Å². The van der Waals surface area contributed by atoms with E-state index in [1.807, 2.05) is 18.2 Å². The summed E-state index contributed by atoms with van der Waals surface area (Å²) in [5.74, 6) is 0.794. The summed E-state index contributed by atoms with van der Waals surface area (Å²) in [7, 11) is 1.62. The van der Waals surface area contributed by atoms with Crippen LogP contribution in [0, 0.1) is 0 Å². The maximum Gasteiger partial charge on any atom is 0.401 e. The molecular formula is C14H18BrF3N2O. The number of halogens is 4. The summed E-state index contributed by atoms with van der Waals surface area (Å²) in [6.45, 7) is 1.98. The number of methoxy groups -OCH3 is 1. The Morgan fingerprint density at radius 1 is 1.14 bits per heavy atom. The van der Waals surface area contributed by atoms with Crippen LogP contribution in [-0.4, -0.2) is 55.8 Å². The first-order valence-corrected chi connectivity index (χ1v) is 7.51. The van der Waals surface area contributed by atoms with Gasteiger partial charge in [-0.15, -0.1) is 0 Å². The van der Waals surface area contributed by atoms with Crippen molar-refractivity contribution in [3.8, 4) is 5.75 Å². The average Bonchev–Trinajstić information content (AvgIpc) is 2.41. The smallest absolute Gasteiger partial charge is 0.401 e. The highest BCUT2D eigenvalue weighted by Gasteiger charge is 2.32. The number of rotatable bonds is 4. The van der Waals surface area contributed by atoms with Gasteiger partial charge < -0.3 is 4.74 Å². The van der Waals surface area contributed by atoms with Crippen LogP contribution in [0.1, 0.15) is 5.56 Å². The molecule has 0 spiro atoms. The highest BCUT2D eigenvalue weighted by Crippen LogP contribution is 2.28. The van der Waals surface area contributed by atoms with Crippen molar-refractivity contribution in [1.82, 2.24) is 9.80 Å². The monoisotopic (exact) mass is 366 g/mol. The minimum atomic E-state index is -4.12. The first-order valence-electron chi connectivity index (χ1n) is 6.72. The molecule has 0 aromatic heterocycles. The summed E-state index contributed by atoms with van der Waals surface area (Å²) in [4.78, 5) is 3.60. The Labute approximate surface area is 130 Å². The van der Waals surface area contributed by atoms with Gasteiger partial charge in [-0.05, 0) is 12.1 Å². The van der Waals surface area contributed by atoms with Crippen molar-refractivity contribution >= 4 is 15.9 Å². The van der Waals surface area contributed by atoms with E-state index in [9.17, 15) is 13.2 Å². The maximum atomic E-state index is 12.4. The molecule has 0 bridgehead atoms. The fraction of sp³-hybridized carbons (Fsp3) is 0.571. The molecule has 1 aliphatic heterocycles. The number of piperazine rings is 1. The zero-order valence-corrected chi connectivity index (χ0v) is 13.4. The predicted molar refractivity (Wildman–Crippen MR) is 78.5 cm³/mol. The number of nitrogens with zero attached hydrogens (tertiary/aromatic N) is 2. The van der Waals surface area contributed by atoms with Gasteiger partial charge >= 0.3 is 6.18 Å². The highest BCUT2D eigenvalue weighted by molar-refractivity contribution is 9.10. The molecule has 21 heavy (non-hydrogen) atoms. The third kappa shape index (κ3) is 4.86. The van der Waals surface area contributed by atoms with Crippen LogP contribution in [0.3, 0.4) is 0 Å². The quantitative estimate of drug-likeness (QED) is 0.813. The van der Waals surface area contributed by atoms with Gasteiger partial charge in [0.05, 0.1) is 13.7 Å². The van der Waals surface area contributed by atoms with Gasteiger partial charge in [0.1, 0.15) is 5.75 Å². The van der Waals surface area contributed by atoms with Crippen molar-refractivity contribution in [2.75, 3.05) is 39.8 Å². The fourth-order valence-corrected chi connectivity index (χ4v) is 2.94. The van der Waals surface area contributed by atoms with E-state index in [0.717, 1.165) is 15.8 Å². The number of ether oxygens (including phenoxy) is 1. The second kappa shape index (κ2) is 6.98. The highest BCUT2D eigenvalue weighted by atomic mass is 79.9. The van der Waals surface area contributed by atoms with E-state index in [4.69, 9.17) is 4.74 Å². The van der Waals surface area contributed by atoms with Crippen molar-refractivity contribution in [2.24, 2.45) is 0 Å². The van der Waals surface area contributed by atoms with Gasteiger partial charge in [0.25, 0.3) is 0 Å². The van der Waals surface area contributed by atoms with E-state index in [2.05, 4.69) is 20.8 Å². The van der Waals surface area contributed by atoms with Crippen LogP contribution in [0.25, 0.3) is 0 Å². The van der Waals surface area contributed by atoms with Crippen LogP contribution < -0.4 is 4.74 Å². The summed E-state index contributed by atoms with van der Waals surface area (Å²) in [5, 5.41) is 0. The SMILES string of the molecule is COc1cccc(Br)c1CN1CCN(CC(F)(F)F)CC1. The fourth-order valence-electron chi connectivity index (χ4n) is 2.47. The van der Waals surface area contributed by atoms with Crippen molar-refractivity contribution < 1.29 is 17.9 Å². The van der Waals surface area contributed by atoms with Crippen LogP contribution in [0.15, 0.2) is 22.7 Å². The van der Waals surface area contributed by atoms with Gasteiger partial charge in [-0.1, -0.05) is 22.0 Å². The molecule has 1 saturated heterocycles. The molecule has 1 aromatic carbocycles. The molecule has 2 rings (SSSR count). The van der Waals surface area contributed by atoms with E-state index in [1.165, 1.54) is 4.90 Å². The molecule has 0 amide bonds. The summed E-state index contributed by atoms with van der Waals surface area (Å²) in [5.41, 5.74) is 1.03. The molecule has 1 aromatic rings. The van der Waals surface area contributed by atoms with Gasteiger partial charge in [0.2, 0.25) is 0 Å². The molecule has 1 aliphatic rings. The molecule has 0 unspecified atom stereocenters. The Morgan fingerprint density at radius 2 is 1.76 bits per heavy atom. The molecule has 1 fully saturated rings. The maximum absolute atomic E-state index is 12.4. The molecule has 0 radical (unpaired) electrons. The molecule has 1 heterocycles. The Hall–Kier alpha value is -0.790. The van der Waals surface area contributed by atoms with Gasteiger partial charge in [-0.3, -0.25) is 9.80 Å². The lowest BCUT2D eigenvalue weighted by Gasteiger charge is -2.35. The summed E-state index contributed by atoms with van der Waals surface area (Å²) in [6.07, 6.45) is -4.12. The van der Waals surface area contributed by atoms with Crippen LogP contribution in [0.5, 0.6) is 5.75 Å². The number of hydrogen-bond acceptors (Lipinski definition) is 3. The normalized spacial score (nSPS) is 18.0. The summed E-state index contributed by atoms with van der Waals surface area (Å²) >= 11 is 3.50. The van der Waals surface area contributed by atoms with E-state index >= 15 is 0 Å². The zero-order chi connectivity index (χ0) is 15.5. The van der Waals surface area contributed by atoms with E-state index < -0.39 is 12.7 Å². The van der Waals surface area contributed by atoms with Gasteiger partial charge in [-0.25, -0.2) is 0 Å². The molecule has 0 aliphatic carbocycles. The Kier molecular flexibility index (Phi) is 5.51. The molecule has 7 heteroatoms. The van der Waals surface area contributed by atoms with E-state index in [0.29, 0.717) is 32.7 Å². The minimum Gasteiger partial charge on any atom is -0.496 e. The molecule has 118 valence electrons. The zero-order valence-electron chi connectivity index (χ0n) is 11.8. The van der Waals surface area contributed by atoms with Crippen molar-refractivity contribution in [2.45, 2.75) is 12.7 Å². The summed E-state index contributed by atoms with van der Waals surface area (Å²) in [6, 6.07) is 5.73. The molecule has 0 saturated carbocycles. The van der Waals surface area contributed by atoms with Gasteiger partial charge in [0, 0.05) is 42.8 Å². The van der Waals surface area contributed by atoms with Crippen molar-refractivity contribution in [1.29, 1.82) is 0 Å². The Balaban J connectivity index is 1.92. The van der Waals surface area contributed by atoms with Gasteiger partial charge in [0.15, 0.2) is 0 Å². The molecule has 3 nitrogen and oxygen atoms in total. The Morgan fingerprint density at radius 3 is 2.33 bits per heavy atom. The van der Waals surface area contributed by atoms with E-state index in [-0.39, 0.29) is 0 Å². The van der Waals surface area contributed by atoms with Crippen LogP contribution in [-0.2, 0) is 6.54 Å². The number of alkyl halides is 3. The largest absolute Gasteiger partial charge is 0.496 e. The molecular weight excluding hydrogens is 349 g/mol. The lowest BCUT2D eigenvalue weighted by Crippen LogP contribution is -2.48. The van der Waals surface area contributed by atoms with Gasteiger partial charge in [-0.2, -0.15) is 13.2 Å². The van der Waals surface area contributed by atoms with Crippen LogP contribution in [0.4, 0.5) is 13.2 Å².